The predicted molar refractivity (Wildman–Crippen MR) is 121 cm³/mol. The minimum Gasteiger partial charge on any atom is -0.535 e. The van der Waals surface area contributed by atoms with Crippen molar-refractivity contribution < 1.29 is 19.3 Å². The molecule has 2 aromatic heterocycles. The maximum Gasteiger partial charge on any atom is 0.526 e. The Labute approximate surface area is 183 Å². The molecule has 3 aromatic rings. The van der Waals surface area contributed by atoms with Crippen LogP contribution in [0.3, 0.4) is 0 Å². The first-order chi connectivity index (χ1) is 14.9. The number of hydrogen-bond donors (Lipinski definition) is 2. The lowest BCUT2D eigenvalue weighted by atomic mass is 9.64. The summed E-state index contributed by atoms with van der Waals surface area (Å²) in [5.74, 6) is -0.394. The highest BCUT2D eigenvalue weighted by molar-refractivity contribution is 7.13. The third kappa shape index (κ3) is 4.57. The number of para-hydroxylation sites is 1. The molecule has 0 saturated heterocycles. The van der Waals surface area contributed by atoms with E-state index in [4.69, 9.17) is 10.4 Å². The van der Waals surface area contributed by atoms with Crippen LogP contribution in [0.5, 0.6) is 5.75 Å². The number of fused-ring (bicyclic) bond motifs is 1. The van der Waals surface area contributed by atoms with Crippen LogP contribution < -0.4 is 10.4 Å². The van der Waals surface area contributed by atoms with Gasteiger partial charge in [0.15, 0.2) is 16.7 Å². The van der Waals surface area contributed by atoms with E-state index in [0.29, 0.717) is 34.1 Å². The van der Waals surface area contributed by atoms with Crippen molar-refractivity contribution >= 4 is 46.8 Å². The maximum atomic E-state index is 13.3. The van der Waals surface area contributed by atoms with Crippen LogP contribution in [0.2, 0.25) is 5.82 Å². The van der Waals surface area contributed by atoms with Crippen LogP contribution in [0.1, 0.15) is 40.5 Å². The molecule has 1 atom stereocenters. The molecule has 0 saturated carbocycles. The molecule has 1 aromatic carbocycles. The summed E-state index contributed by atoms with van der Waals surface area (Å²) in [5.41, 5.74) is 8.65. The summed E-state index contributed by atoms with van der Waals surface area (Å²) in [4.78, 5) is 33.5. The van der Waals surface area contributed by atoms with Crippen molar-refractivity contribution in [3.63, 3.8) is 0 Å². The number of carbonyl (C=O) groups is 2. The summed E-state index contributed by atoms with van der Waals surface area (Å²) in [6, 6.07) is 8.92. The first kappa shape index (κ1) is 21.0. The Morgan fingerprint density at radius 1 is 1.35 bits per heavy atom. The Balaban J connectivity index is 1.61. The average Bonchev–Trinajstić information content (AvgIpc) is 3.18. The number of benzene rings is 1. The Kier molecular flexibility index (Phi) is 5.97. The van der Waals surface area contributed by atoms with Gasteiger partial charge in [-0.25, -0.2) is 4.98 Å². The molecule has 7 nitrogen and oxygen atoms in total. The summed E-state index contributed by atoms with van der Waals surface area (Å²) in [7, 11) is -1.20. The number of nitrogens with zero attached hydrogens (tertiary/aromatic N) is 2. The minimum absolute atomic E-state index is 0.0500. The van der Waals surface area contributed by atoms with Gasteiger partial charge < -0.3 is 15.4 Å². The Bertz CT molecular complexity index is 1160. The smallest absolute Gasteiger partial charge is 0.526 e. The summed E-state index contributed by atoms with van der Waals surface area (Å²) < 4.78 is 5.67. The molecule has 9 heteroatoms. The average molecular weight is 433 g/mol. The molecule has 1 aliphatic rings. The second kappa shape index (κ2) is 8.83. The quantitative estimate of drug-likeness (QED) is 0.348. The fourth-order valence-corrected chi connectivity index (χ4v) is 4.18. The van der Waals surface area contributed by atoms with Crippen LogP contribution in [0.25, 0.3) is 11.6 Å². The number of carbonyl (C=O) groups excluding carboxylic acids is 2. The molecule has 0 fully saturated rings. The van der Waals surface area contributed by atoms with Crippen molar-refractivity contribution in [3.8, 4) is 5.75 Å². The van der Waals surface area contributed by atoms with E-state index >= 15 is 0 Å². The monoisotopic (exact) mass is 433 g/mol. The van der Waals surface area contributed by atoms with Crippen LogP contribution >= 0.6 is 11.3 Å². The van der Waals surface area contributed by atoms with Gasteiger partial charge in [0.25, 0.3) is 0 Å². The van der Waals surface area contributed by atoms with Crippen molar-refractivity contribution in [1.29, 1.82) is 0 Å². The number of allylic oxidation sites excluding steroid dienone is 1. The Hall–Kier alpha value is -3.30. The summed E-state index contributed by atoms with van der Waals surface area (Å²) in [6.07, 6.45) is 5.50. The molecular weight excluding hydrogens is 413 g/mol. The molecule has 1 aliphatic heterocycles. The summed E-state index contributed by atoms with van der Waals surface area (Å²) in [6.45, 7) is 1.45. The molecule has 156 valence electrons. The molecule has 0 aliphatic carbocycles. The van der Waals surface area contributed by atoms with Gasteiger partial charge in [0, 0.05) is 35.6 Å². The molecule has 0 amide bonds. The van der Waals surface area contributed by atoms with Crippen LogP contribution in [0, 0.1) is 0 Å². The van der Waals surface area contributed by atoms with Gasteiger partial charge in [-0.1, -0.05) is 18.2 Å². The lowest BCUT2D eigenvalue weighted by Gasteiger charge is -2.28. The normalized spacial score (nSPS) is 15.9. The van der Waals surface area contributed by atoms with Crippen LogP contribution in [-0.2, 0) is 11.2 Å². The number of ketones is 2. The van der Waals surface area contributed by atoms with E-state index in [-0.39, 0.29) is 18.0 Å². The molecule has 31 heavy (non-hydrogen) atoms. The number of anilines is 1. The molecule has 0 spiro atoms. The maximum absolute atomic E-state index is 13.3. The van der Waals surface area contributed by atoms with Gasteiger partial charge >= 0.3 is 7.12 Å². The number of Topliss-reactive ketones (excluding diaryl/α,β-unsaturated/α-hetero) is 2. The van der Waals surface area contributed by atoms with Crippen molar-refractivity contribution in [2.45, 2.75) is 25.6 Å². The Morgan fingerprint density at radius 3 is 2.87 bits per heavy atom. The van der Waals surface area contributed by atoms with Crippen molar-refractivity contribution in [2.24, 2.45) is 0 Å². The van der Waals surface area contributed by atoms with Gasteiger partial charge in [0.05, 0.1) is 11.3 Å². The van der Waals surface area contributed by atoms with Crippen molar-refractivity contribution in [3.05, 3.63) is 70.5 Å². The molecule has 0 bridgehead atoms. The molecule has 0 unspecified atom stereocenters. The second-order valence-electron chi connectivity index (χ2n) is 7.37. The van der Waals surface area contributed by atoms with Crippen LogP contribution in [-0.4, -0.2) is 33.7 Å². The zero-order valence-corrected chi connectivity index (χ0v) is 17.6. The highest BCUT2D eigenvalue weighted by atomic mass is 32.1. The zero-order chi connectivity index (χ0) is 22.0. The minimum atomic E-state index is -1.20. The van der Waals surface area contributed by atoms with E-state index in [1.54, 1.807) is 42.0 Å². The van der Waals surface area contributed by atoms with E-state index in [0.717, 1.165) is 11.1 Å². The van der Waals surface area contributed by atoms with Crippen LogP contribution in [0.15, 0.2) is 48.1 Å². The van der Waals surface area contributed by atoms with Gasteiger partial charge in [-0.2, -0.15) is 0 Å². The number of thiazole rings is 1. The number of rotatable bonds is 6. The lowest BCUT2D eigenvalue weighted by molar-refractivity contribution is -0.113. The molecule has 0 radical (unpaired) electrons. The number of aromatic nitrogens is 2. The van der Waals surface area contributed by atoms with Crippen molar-refractivity contribution in [2.75, 3.05) is 5.73 Å². The fraction of sp³-hybridized carbons (Fsp3) is 0.182. The Morgan fingerprint density at radius 2 is 2.19 bits per heavy atom. The summed E-state index contributed by atoms with van der Waals surface area (Å²) >= 11 is 1.25. The number of nitrogens with two attached hydrogens (primary N) is 1. The van der Waals surface area contributed by atoms with E-state index in [2.05, 4.69) is 9.97 Å². The van der Waals surface area contributed by atoms with Gasteiger partial charge in [-0.05, 0) is 42.7 Å². The third-order valence-corrected chi connectivity index (χ3v) is 5.82. The van der Waals surface area contributed by atoms with Crippen LogP contribution in [0.4, 0.5) is 5.13 Å². The predicted octanol–water partition coefficient (Wildman–Crippen LogP) is 3.31. The van der Waals surface area contributed by atoms with Crippen molar-refractivity contribution in [1.82, 2.24) is 9.97 Å². The van der Waals surface area contributed by atoms with Gasteiger partial charge in [0.2, 0.25) is 0 Å². The molecule has 4 rings (SSSR count). The fourth-order valence-electron chi connectivity index (χ4n) is 3.62. The zero-order valence-electron chi connectivity index (χ0n) is 16.8. The number of nitrogen functional groups attached to an aromatic ring is 1. The van der Waals surface area contributed by atoms with E-state index in [1.165, 1.54) is 18.3 Å². The largest absolute Gasteiger partial charge is 0.535 e. The van der Waals surface area contributed by atoms with Gasteiger partial charge in [-0.3, -0.25) is 14.6 Å². The SMILES string of the molecule is CC(=O)c1cccc2c1OB(O)[C@@H](CC(=O)/C(=C/c1cccnc1)c1csc(N)n1)C2. The topological polar surface area (TPSA) is 115 Å². The second-order valence-corrected chi connectivity index (χ2v) is 8.25. The van der Waals surface area contributed by atoms with E-state index in [1.807, 2.05) is 12.1 Å². The van der Waals surface area contributed by atoms with Gasteiger partial charge in [0.1, 0.15) is 5.75 Å². The first-order valence-corrected chi connectivity index (χ1v) is 10.6. The summed E-state index contributed by atoms with van der Waals surface area (Å²) in [5, 5.41) is 12.7. The molecule has 3 N–H and O–H groups in total. The highest BCUT2D eigenvalue weighted by Gasteiger charge is 2.38. The molecular formula is C22H20BN3O4S. The standard InChI is InChI=1S/C22H20BN3O4S/c1-13(27)17-6-2-5-15-9-16(23(29)30-21(15)17)10-20(28)18(19-12-31-22(24)26-19)8-14-4-3-7-25-11-14/h2-8,11-12,16,29H,9-10H2,1H3,(H2,24,26)/b18-8+/t16-/m1/s1. The lowest BCUT2D eigenvalue weighted by Crippen LogP contribution is -2.35. The van der Waals surface area contributed by atoms with E-state index in [9.17, 15) is 14.6 Å². The first-order valence-electron chi connectivity index (χ1n) is 9.76. The third-order valence-electron chi connectivity index (χ3n) is 5.14. The number of hydrogen-bond acceptors (Lipinski definition) is 8. The van der Waals surface area contributed by atoms with E-state index < -0.39 is 12.9 Å². The number of pyridine rings is 1. The molecule has 3 heterocycles. The highest BCUT2D eigenvalue weighted by Crippen LogP contribution is 2.37. The van der Waals surface area contributed by atoms with Gasteiger partial charge in [-0.15, -0.1) is 11.3 Å².